The number of nitrogens with zero attached hydrogens (tertiary/aromatic N) is 1. The lowest BCUT2D eigenvalue weighted by Gasteiger charge is -2.41. The van der Waals surface area contributed by atoms with Crippen molar-refractivity contribution in [2.45, 2.75) is 115 Å². The molecule has 234 valence electrons. The van der Waals surface area contributed by atoms with Crippen LogP contribution in [0.1, 0.15) is 88.0 Å². The van der Waals surface area contributed by atoms with Gasteiger partial charge in [-0.25, -0.2) is 0 Å². The Bertz CT molecular complexity index is 1180. The number of hydrogen-bond donors (Lipinski definition) is 3. The van der Waals surface area contributed by atoms with E-state index in [1.807, 2.05) is 58.9 Å². The summed E-state index contributed by atoms with van der Waals surface area (Å²) in [6, 6.07) is 5.97. The molecule has 0 radical (unpaired) electrons. The molecule has 1 aromatic rings. The van der Waals surface area contributed by atoms with Gasteiger partial charge in [0.25, 0.3) is 0 Å². The monoisotopic (exact) mass is 601 g/mol. The summed E-state index contributed by atoms with van der Waals surface area (Å²) in [5.41, 5.74) is 0.132. The Morgan fingerprint density at radius 1 is 1.12 bits per heavy atom. The fourth-order valence-electron chi connectivity index (χ4n) is 8.03. The van der Waals surface area contributed by atoms with Gasteiger partial charge >= 0.3 is 0 Å². The summed E-state index contributed by atoms with van der Waals surface area (Å²) in [6.45, 7) is 18.9. The third kappa shape index (κ3) is 5.92. The van der Waals surface area contributed by atoms with E-state index in [1.165, 1.54) is 0 Å². The number of aliphatic hydroxyl groups is 1. The second-order valence-corrected chi connectivity index (χ2v) is 16.6. The van der Waals surface area contributed by atoms with Crippen molar-refractivity contribution in [3.05, 3.63) is 24.3 Å². The van der Waals surface area contributed by atoms with Crippen LogP contribution in [0.4, 0.5) is 5.69 Å². The van der Waals surface area contributed by atoms with Crippen LogP contribution in [-0.2, 0) is 14.4 Å². The van der Waals surface area contributed by atoms with E-state index >= 15 is 0 Å². The zero-order chi connectivity index (χ0) is 31.3. The molecule has 1 aromatic carbocycles. The molecule has 7 atom stereocenters. The molecule has 3 saturated heterocycles. The molecule has 2 unspecified atom stereocenters. The maximum Gasteiger partial charge on any atom is 0.244 e. The lowest BCUT2D eigenvalue weighted by atomic mass is 9.66. The summed E-state index contributed by atoms with van der Waals surface area (Å²) in [5.74, 6) is -1.12. The molecule has 3 aliphatic heterocycles. The minimum Gasteiger partial charge on any atom is -0.494 e. The zero-order valence-corrected chi connectivity index (χ0v) is 27.7. The van der Waals surface area contributed by atoms with Crippen molar-refractivity contribution in [2.75, 3.05) is 18.5 Å². The molecule has 3 aliphatic rings. The Balaban J connectivity index is 1.72. The van der Waals surface area contributed by atoms with Crippen LogP contribution in [0.25, 0.3) is 0 Å². The molecule has 0 aromatic heterocycles. The van der Waals surface area contributed by atoms with Crippen LogP contribution < -0.4 is 15.4 Å². The smallest absolute Gasteiger partial charge is 0.244 e. The molecule has 0 aliphatic carbocycles. The summed E-state index contributed by atoms with van der Waals surface area (Å²) in [4.78, 5) is 44.7. The topological polar surface area (TPSA) is 108 Å². The number of hydrogen-bond acceptors (Lipinski definition) is 6. The minimum absolute atomic E-state index is 0.00870. The van der Waals surface area contributed by atoms with E-state index in [-0.39, 0.29) is 35.7 Å². The molecular formula is C33H51N3O5S. The number of rotatable bonds is 11. The highest BCUT2D eigenvalue weighted by molar-refractivity contribution is 8.02. The average molecular weight is 602 g/mol. The van der Waals surface area contributed by atoms with Gasteiger partial charge in [-0.2, -0.15) is 0 Å². The van der Waals surface area contributed by atoms with E-state index in [1.54, 1.807) is 16.7 Å². The molecule has 9 heteroatoms. The number of carbonyl (C=O) groups is 3. The Labute approximate surface area is 256 Å². The minimum atomic E-state index is -0.768. The van der Waals surface area contributed by atoms with Gasteiger partial charge < -0.3 is 25.4 Å². The molecule has 3 fully saturated rings. The standard InChI is InChI=1S/C33H51N3O5S/c1-10-20(3)23(18-37)36-26(28(39)35-31(7,8)19-30(4,5)6)33-17-16-32(9,42-33)24(25(33)29(36)40)27(38)34-21-12-14-22(15-13-21)41-11-2/h12-15,20,23-26,37H,10-11,16-19H2,1-9H3,(H,34,38)(H,35,39)/t20-,23-,24-,25-,26?,32+,33?/m0/s1. The first-order valence-electron chi connectivity index (χ1n) is 15.5. The van der Waals surface area contributed by atoms with Crippen LogP contribution in [0.3, 0.4) is 0 Å². The number of likely N-dealkylation sites (tertiary alicyclic amines) is 1. The first-order chi connectivity index (χ1) is 19.5. The van der Waals surface area contributed by atoms with Gasteiger partial charge in [-0.3, -0.25) is 14.4 Å². The van der Waals surface area contributed by atoms with Crippen LogP contribution >= 0.6 is 11.8 Å². The van der Waals surface area contributed by atoms with Gasteiger partial charge in [-0.1, -0.05) is 41.0 Å². The largest absolute Gasteiger partial charge is 0.494 e. The van der Waals surface area contributed by atoms with E-state index in [0.717, 1.165) is 25.0 Å². The molecule has 1 spiro atoms. The lowest BCUT2D eigenvalue weighted by molar-refractivity contribution is -0.144. The third-order valence-corrected chi connectivity index (χ3v) is 11.4. The molecule has 3 amide bonds. The summed E-state index contributed by atoms with van der Waals surface area (Å²) in [6.07, 6.45) is 2.92. The van der Waals surface area contributed by atoms with E-state index in [0.29, 0.717) is 18.7 Å². The number of aliphatic hydroxyl groups excluding tert-OH is 1. The molecular weight excluding hydrogens is 550 g/mol. The Morgan fingerprint density at radius 2 is 1.76 bits per heavy atom. The Morgan fingerprint density at radius 3 is 2.31 bits per heavy atom. The second kappa shape index (κ2) is 11.7. The SMILES string of the molecule is CCOc1ccc(NC(=O)[C@@H]2[C@H]3C(=O)N([C@@H](CO)[C@@H](C)CC)C(C(=O)NC(C)(C)CC(C)(C)C)C34CC[C@@]2(C)S4)cc1. The van der Waals surface area contributed by atoms with E-state index in [9.17, 15) is 19.5 Å². The molecule has 2 bridgehead atoms. The van der Waals surface area contributed by atoms with Gasteiger partial charge in [0, 0.05) is 16.0 Å². The summed E-state index contributed by atoms with van der Waals surface area (Å²) in [7, 11) is 0. The van der Waals surface area contributed by atoms with Crippen molar-refractivity contribution >= 4 is 35.2 Å². The van der Waals surface area contributed by atoms with Gasteiger partial charge in [0.15, 0.2) is 0 Å². The zero-order valence-electron chi connectivity index (χ0n) is 26.9. The van der Waals surface area contributed by atoms with Gasteiger partial charge in [0.1, 0.15) is 11.8 Å². The number of benzene rings is 1. The third-order valence-electron chi connectivity index (χ3n) is 9.46. The number of ether oxygens (including phenoxy) is 1. The number of amides is 3. The van der Waals surface area contributed by atoms with Crippen LogP contribution in [0, 0.1) is 23.2 Å². The van der Waals surface area contributed by atoms with E-state index in [2.05, 4.69) is 38.3 Å². The average Bonchev–Trinajstić information content (AvgIpc) is 3.45. The second-order valence-electron chi connectivity index (χ2n) is 14.7. The van der Waals surface area contributed by atoms with Gasteiger partial charge in [-0.05, 0) is 82.6 Å². The fourth-order valence-corrected chi connectivity index (χ4v) is 10.4. The number of carbonyl (C=O) groups excluding carboxylic acids is 3. The number of nitrogens with one attached hydrogen (secondary N) is 2. The first kappa shape index (κ1) is 32.6. The number of thioether (sulfide) groups is 1. The van der Waals surface area contributed by atoms with Crippen molar-refractivity contribution in [3.8, 4) is 5.75 Å². The highest BCUT2D eigenvalue weighted by Crippen LogP contribution is 2.71. The first-order valence-corrected chi connectivity index (χ1v) is 16.3. The summed E-state index contributed by atoms with van der Waals surface area (Å²) < 4.78 is 4.32. The molecule has 4 rings (SSSR count). The Hall–Kier alpha value is -2.26. The maximum atomic E-state index is 14.6. The van der Waals surface area contributed by atoms with Gasteiger partial charge in [-0.15, -0.1) is 11.8 Å². The summed E-state index contributed by atoms with van der Waals surface area (Å²) >= 11 is 1.65. The molecule has 3 heterocycles. The Kier molecular flexibility index (Phi) is 9.08. The number of fused-ring (bicyclic) bond motifs is 1. The predicted molar refractivity (Wildman–Crippen MR) is 168 cm³/mol. The van der Waals surface area contributed by atoms with Crippen LogP contribution in [-0.4, -0.2) is 68.1 Å². The highest BCUT2D eigenvalue weighted by atomic mass is 32.2. The highest BCUT2D eigenvalue weighted by Gasteiger charge is 2.77. The molecule has 42 heavy (non-hydrogen) atoms. The van der Waals surface area contributed by atoms with E-state index < -0.39 is 39.0 Å². The predicted octanol–water partition coefficient (Wildman–Crippen LogP) is 5.24. The van der Waals surface area contributed by atoms with Crippen molar-refractivity contribution in [2.24, 2.45) is 23.2 Å². The van der Waals surface area contributed by atoms with Gasteiger partial charge in [0.05, 0.1) is 35.8 Å². The van der Waals surface area contributed by atoms with E-state index in [4.69, 9.17) is 4.74 Å². The van der Waals surface area contributed by atoms with Crippen LogP contribution in [0.15, 0.2) is 24.3 Å². The van der Waals surface area contributed by atoms with Crippen molar-refractivity contribution in [1.29, 1.82) is 0 Å². The van der Waals surface area contributed by atoms with Crippen molar-refractivity contribution in [3.63, 3.8) is 0 Å². The van der Waals surface area contributed by atoms with Crippen LogP contribution in [0.5, 0.6) is 5.75 Å². The summed E-state index contributed by atoms with van der Waals surface area (Å²) in [5, 5.41) is 16.9. The number of anilines is 1. The molecule has 8 nitrogen and oxygen atoms in total. The molecule has 0 saturated carbocycles. The molecule has 3 N–H and O–H groups in total. The normalized spacial score (nSPS) is 30.2. The van der Waals surface area contributed by atoms with Gasteiger partial charge in [0.2, 0.25) is 17.7 Å². The van der Waals surface area contributed by atoms with Crippen LogP contribution in [0.2, 0.25) is 0 Å². The van der Waals surface area contributed by atoms with Crippen molar-refractivity contribution < 1.29 is 24.2 Å². The lowest BCUT2D eigenvalue weighted by Crippen LogP contribution is -2.61. The maximum absolute atomic E-state index is 14.6. The van der Waals surface area contributed by atoms with Crippen molar-refractivity contribution in [1.82, 2.24) is 10.2 Å². The quantitative estimate of drug-likeness (QED) is 0.320. The fraction of sp³-hybridized carbons (Fsp3) is 0.727.